The van der Waals surface area contributed by atoms with E-state index in [0.29, 0.717) is 17.6 Å². The zero-order chi connectivity index (χ0) is 23.4. The van der Waals surface area contributed by atoms with Crippen LogP contribution in [0.4, 0.5) is 0 Å². The number of likely N-dealkylation sites (tertiary alicyclic amines) is 1. The Morgan fingerprint density at radius 1 is 1.21 bits per heavy atom. The molecule has 2 aromatic rings. The maximum absolute atomic E-state index is 13.6. The fourth-order valence-corrected chi connectivity index (χ4v) is 6.16. The van der Waals surface area contributed by atoms with Crippen LogP contribution < -0.4 is 0 Å². The molecule has 2 fully saturated rings. The van der Waals surface area contributed by atoms with E-state index in [-0.39, 0.29) is 17.4 Å². The Morgan fingerprint density at radius 2 is 2.00 bits per heavy atom. The van der Waals surface area contributed by atoms with Gasteiger partial charge in [-0.1, -0.05) is 50.3 Å². The van der Waals surface area contributed by atoms with Crippen LogP contribution in [0.25, 0.3) is 0 Å². The first kappa shape index (κ1) is 23.6. The third-order valence-electron chi connectivity index (χ3n) is 7.68. The van der Waals surface area contributed by atoms with E-state index in [0.717, 1.165) is 57.4 Å². The topological polar surface area (TPSA) is 43.8 Å². The van der Waals surface area contributed by atoms with Crippen molar-refractivity contribution in [2.45, 2.75) is 51.0 Å². The van der Waals surface area contributed by atoms with Gasteiger partial charge in [0, 0.05) is 36.7 Å². The van der Waals surface area contributed by atoms with Gasteiger partial charge in [0.1, 0.15) is 5.75 Å². The SMILES string of the molecule is C=CCN1CCC2(c3cccc(O)c3)C[C@@H](N(CC(C)C)C(=O)c3ccccc3)CCC2C1. The van der Waals surface area contributed by atoms with Crippen LogP contribution in [0, 0.1) is 11.8 Å². The fraction of sp³-hybridized carbons (Fsp3) is 0.483. The van der Waals surface area contributed by atoms with E-state index in [9.17, 15) is 9.90 Å². The van der Waals surface area contributed by atoms with Gasteiger partial charge >= 0.3 is 0 Å². The number of hydrogen-bond donors (Lipinski definition) is 1. The van der Waals surface area contributed by atoms with Gasteiger partial charge in [0.25, 0.3) is 5.91 Å². The van der Waals surface area contributed by atoms with Crippen LogP contribution in [0.1, 0.15) is 55.5 Å². The molecule has 176 valence electrons. The standard InChI is InChI=1S/C29H38N2O2/c1-4-16-30-17-15-29(24-11-8-12-27(32)18-24)19-26(14-13-25(29)21-30)31(20-22(2)3)28(33)23-9-6-5-7-10-23/h4-12,18,22,25-26,32H,1,13-17,19-21H2,2-3H3/t25?,26-,29?/m0/s1. The molecule has 2 unspecified atom stereocenters. The molecule has 1 aliphatic heterocycles. The van der Waals surface area contributed by atoms with Gasteiger partial charge in [-0.15, -0.1) is 6.58 Å². The van der Waals surface area contributed by atoms with Crippen molar-refractivity contribution in [2.75, 3.05) is 26.2 Å². The highest BCUT2D eigenvalue weighted by Gasteiger charge is 2.49. The van der Waals surface area contributed by atoms with Crippen LogP contribution in [0.3, 0.4) is 0 Å². The van der Waals surface area contributed by atoms with Gasteiger partial charge in [0.15, 0.2) is 0 Å². The van der Waals surface area contributed by atoms with E-state index in [1.807, 2.05) is 48.5 Å². The first-order valence-corrected chi connectivity index (χ1v) is 12.4. The maximum atomic E-state index is 13.6. The van der Waals surface area contributed by atoms with Crippen molar-refractivity contribution in [3.63, 3.8) is 0 Å². The summed E-state index contributed by atoms with van der Waals surface area (Å²) in [6, 6.07) is 17.8. The van der Waals surface area contributed by atoms with Crippen molar-refractivity contribution in [1.29, 1.82) is 0 Å². The van der Waals surface area contributed by atoms with Crippen molar-refractivity contribution >= 4 is 5.91 Å². The van der Waals surface area contributed by atoms with Gasteiger partial charge in [-0.2, -0.15) is 0 Å². The van der Waals surface area contributed by atoms with Crippen molar-refractivity contribution in [1.82, 2.24) is 9.80 Å². The van der Waals surface area contributed by atoms with Crippen LogP contribution >= 0.6 is 0 Å². The number of fused-ring (bicyclic) bond motifs is 1. The number of hydrogen-bond acceptors (Lipinski definition) is 3. The minimum atomic E-state index is -0.0223. The molecule has 0 spiro atoms. The molecule has 1 heterocycles. The monoisotopic (exact) mass is 446 g/mol. The molecule has 2 aromatic carbocycles. The summed E-state index contributed by atoms with van der Waals surface area (Å²) in [5.74, 6) is 1.39. The van der Waals surface area contributed by atoms with E-state index < -0.39 is 0 Å². The molecule has 1 amide bonds. The predicted octanol–water partition coefficient (Wildman–Crippen LogP) is 5.49. The number of phenols is 1. The molecule has 4 rings (SSSR count). The Hall–Kier alpha value is -2.59. The van der Waals surface area contributed by atoms with Gasteiger partial charge < -0.3 is 10.0 Å². The fourth-order valence-electron chi connectivity index (χ4n) is 6.16. The molecular formula is C29H38N2O2. The zero-order valence-electron chi connectivity index (χ0n) is 20.1. The van der Waals surface area contributed by atoms with E-state index in [1.165, 1.54) is 5.56 Å². The minimum Gasteiger partial charge on any atom is -0.508 e. The van der Waals surface area contributed by atoms with Crippen LogP contribution in [0.2, 0.25) is 0 Å². The summed E-state index contributed by atoms with van der Waals surface area (Å²) in [6.07, 6.45) is 6.10. The first-order valence-electron chi connectivity index (χ1n) is 12.4. The number of carbonyl (C=O) groups is 1. The number of carbonyl (C=O) groups excluding carboxylic acids is 1. The molecule has 0 radical (unpaired) electrons. The number of amides is 1. The molecule has 1 saturated heterocycles. The Bertz CT molecular complexity index is 957. The Morgan fingerprint density at radius 3 is 2.70 bits per heavy atom. The lowest BCUT2D eigenvalue weighted by Crippen LogP contribution is -2.57. The molecule has 2 aliphatic rings. The summed E-state index contributed by atoms with van der Waals surface area (Å²) in [7, 11) is 0. The summed E-state index contributed by atoms with van der Waals surface area (Å²) < 4.78 is 0. The van der Waals surface area contributed by atoms with Crippen LogP contribution in [0.15, 0.2) is 67.3 Å². The van der Waals surface area contributed by atoms with Crippen LogP contribution in [-0.4, -0.2) is 53.0 Å². The predicted molar refractivity (Wildman–Crippen MR) is 134 cm³/mol. The summed E-state index contributed by atoms with van der Waals surface area (Å²) >= 11 is 0. The lowest BCUT2D eigenvalue weighted by atomic mass is 9.57. The lowest BCUT2D eigenvalue weighted by Gasteiger charge is -2.54. The second-order valence-electron chi connectivity index (χ2n) is 10.4. The van der Waals surface area contributed by atoms with Gasteiger partial charge in [-0.25, -0.2) is 0 Å². The average Bonchev–Trinajstić information content (AvgIpc) is 2.82. The molecule has 1 N–H and O–H groups in total. The van der Waals surface area contributed by atoms with Gasteiger partial charge in [0.2, 0.25) is 0 Å². The average molecular weight is 447 g/mol. The highest BCUT2D eigenvalue weighted by Crippen LogP contribution is 2.50. The number of phenolic OH excluding ortho intramolecular Hbond substituents is 1. The second kappa shape index (κ2) is 10.1. The summed E-state index contributed by atoms with van der Waals surface area (Å²) in [6.45, 7) is 12.1. The van der Waals surface area contributed by atoms with Crippen molar-refractivity contribution in [3.8, 4) is 5.75 Å². The number of aromatic hydroxyl groups is 1. The number of nitrogens with zero attached hydrogens (tertiary/aromatic N) is 2. The lowest BCUT2D eigenvalue weighted by molar-refractivity contribution is 0.0138. The normalized spacial score (nSPS) is 25.4. The largest absolute Gasteiger partial charge is 0.508 e. The van der Waals surface area contributed by atoms with Crippen molar-refractivity contribution < 1.29 is 9.90 Å². The summed E-state index contributed by atoms with van der Waals surface area (Å²) in [5, 5.41) is 10.3. The molecule has 1 saturated carbocycles. The molecule has 3 atom stereocenters. The van der Waals surface area contributed by atoms with Gasteiger partial charge in [-0.3, -0.25) is 9.69 Å². The zero-order valence-corrected chi connectivity index (χ0v) is 20.1. The Balaban J connectivity index is 1.68. The maximum Gasteiger partial charge on any atom is 0.254 e. The molecule has 0 bridgehead atoms. The van der Waals surface area contributed by atoms with E-state index >= 15 is 0 Å². The highest BCUT2D eigenvalue weighted by molar-refractivity contribution is 5.94. The summed E-state index contributed by atoms with van der Waals surface area (Å²) in [4.78, 5) is 18.3. The molecule has 4 nitrogen and oxygen atoms in total. The smallest absolute Gasteiger partial charge is 0.254 e. The number of rotatable bonds is 7. The van der Waals surface area contributed by atoms with E-state index in [2.05, 4.69) is 36.3 Å². The second-order valence-corrected chi connectivity index (χ2v) is 10.4. The number of benzene rings is 2. The van der Waals surface area contributed by atoms with Gasteiger partial charge in [0.05, 0.1) is 0 Å². The summed E-state index contributed by atoms with van der Waals surface area (Å²) in [5.41, 5.74) is 1.98. The number of piperidine rings is 1. The quantitative estimate of drug-likeness (QED) is 0.572. The Labute approximate surface area is 198 Å². The molecule has 4 heteroatoms. The van der Waals surface area contributed by atoms with Gasteiger partial charge in [-0.05, 0) is 73.9 Å². The molecular weight excluding hydrogens is 408 g/mol. The van der Waals surface area contributed by atoms with Crippen molar-refractivity contribution in [3.05, 3.63) is 78.4 Å². The molecule has 33 heavy (non-hydrogen) atoms. The third kappa shape index (κ3) is 5.01. The third-order valence-corrected chi connectivity index (χ3v) is 7.68. The van der Waals surface area contributed by atoms with Crippen molar-refractivity contribution in [2.24, 2.45) is 11.8 Å². The first-order chi connectivity index (χ1) is 15.9. The van der Waals surface area contributed by atoms with E-state index in [1.54, 1.807) is 6.07 Å². The van der Waals surface area contributed by atoms with Crippen LogP contribution in [-0.2, 0) is 5.41 Å². The molecule has 0 aromatic heterocycles. The van der Waals surface area contributed by atoms with E-state index in [4.69, 9.17) is 0 Å². The Kier molecular flexibility index (Phi) is 7.23. The van der Waals surface area contributed by atoms with Crippen LogP contribution in [0.5, 0.6) is 5.75 Å². The highest BCUT2D eigenvalue weighted by atomic mass is 16.3. The minimum absolute atomic E-state index is 0.0223. The molecule has 1 aliphatic carbocycles.